The summed E-state index contributed by atoms with van der Waals surface area (Å²) in [7, 11) is 1.61. The number of amides is 1. The van der Waals surface area contributed by atoms with Crippen molar-refractivity contribution < 1.29 is 9.53 Å². The smallest absolute Gasteiger partial charge is 0.255 e. The maximum Gasteiger partial charge on any atom is 0.255 e. The topological polar surface area (TPSA) is 45.7 Å². The van der Waals surface area contributed by atoms with Crippen LogP contribution in [0.5, 0.6) is 5.75 Å². The standard InChI is InChI=1S/C19H17ClIN3O2S/c1-26-17-13(20)6-7-15-16(17)22-19(27-15)24-10-8-23(9-11-24)18(25)12-4-2-3-5-14(12)21/h2-7H,8-11H2,1H3. The van der Waals surface area contributed by atoms with E-state index >= 15 is 0 Å². The van der Waals surface area contributed by atoms with E-state index in [0.717, 1.165) is 37.6 Å². The molecule has 1 aliphatic heterocycles. The number of carbonyl (C=O) groups excluding carboxylic acids is 1. The van der Waals surface area contributed by atoms with Crippen LogP contribution in [0, 0.1) is 3.57 Å². The first-order valence-electron chi connectivity index (χ1n) is 8.50. The number of fused-ring (bicyclic) bond motifs is 1. The number of ether oxygens (including phenoxy) is 1. The molecule has 0 bridgehead atoms. The van der Waals surface area contributed by atoms with Crippen molar-refractivity contribution in [3.05, 3.63) is 50.6 Å². The van der Waals surface area contributed by atoms with Gasteiger partial charge in [-0.25, -0.2) is 4.98 Å². The molecule has 4 rings (SSSR count). The van der Waals surface area contributed by atoms with E-state index in [0.29, 0.717) is 23.9 Å². The predicted molar refractivity (Wildman–Crippen MR) is 118 cm³/mol. The van der Waals surface area contributed by atoms with Crippen LogP contribution in [0.1, 0.15) is 10.4 Å². The van der Waals surface area contributed by atoms with E-state index in [-0.39, 0.29) is 5.91 Å². The fourth-order valence-electron chi connectivity index (χ4n) is 3.17. The van der Waals surface area contributed by atoms with Gasteiger partial charge in [-0.2, -0.15) is 0 Å². The molecule has 0 spiro atoms. The third kappa shape index (κ3) is 3.60. The highest BCUT2D eigenvalue weighted by molar-refractivity contribution is 14.1. The monoisotopic (exact) mass is 513 g/mol. The van der Waals surface area contributed by atoms with Crippen LogP contribution in [-0.2, 0) is 0 Å². The zero-order valence-electron chi connectivity index (χ0n) is 14.6. The maximum absolute atomic E-state index is 12.8. The molecule has 140 valence electrons. The Labute approximate surface area is 180 Å². The molecule has 1 aliphatic rings. The number of piperazine rings is 1. The zero-order valence-corrected chi connectivity index (χ0v) is 18.3. The van der Waals surface area contributed by atoms with E-state index < -0.39 is 0 Å². The lowest BCUT2D eigenvalue weighted by Crippen LogP contribution is -2.48. The molecule has 2 aromatic carbocycles. The van der Waals surface area contributed by atoms with Crippen molar-refractivity contribution in [3.63, 3.8) is 0 Å². The number of carbonyl (C=O) groups is 1. The number of hydrogen-bond donors (Lipinski definition) is 0. The van der Waals surface area contributed by atoms with Gasteiger partial charge in [-0.15, -0.1) is 0 Å². The normalized spacial score (nSPS) is 14.6. The third-order valence-electron chi connectivity index (χ3n) is 4.60. The summed E-state index contributed by atoms with van der Waals surface area (Å²) in [6.45, 7) is 2.87. The second-order valence-corrected chi connectivity index (χ2v) is 8.76. The Kier molecular flexibility index (Phi) is 5.43. The van der Waals surface area contributed by atoms with Crippen molar-refractivity contribution in [2.45, 2.75) is 0 Å². The molecular weight excluding hydrogens is 497 g/mol. The summed E-state index contributed by atoms with van der Waals surface area (Å²) in [6, 6.07) is 11.5. The van der Waals surface area contributed by atoms with Crippen molar-refractivity contribution in [3.8, 4) is 5.75 Å². The van der Waals surface area contributed by atoms with Crippen molar-refractivity contribution in [2.75, 3.05) is 38.2 Å². The second kappa shape index (κ2) is 7.81. The van der Waals surface area contributed by atoms with Gasteiger partial charge >= 0.3 is 0 Å². The van der Waals surface area contributed by atoms with E-state index in [9.17, 15) is 4.79 Å². The molecule has 1 saturated heterocycles. The van der Waals surface area contributed by atoms with Crippen molar-refractivity contribution >= 4 is 66.8 Å². The highest BCUT2D eigenvalue weighted by Gasteiger charge is 2.25. The van der Waals surface area contributed by atoms with Gasteiger partial charge in [-0.05, 0) is 46.9 Å². The lowest BCUT2D eigenvalue weighted by molar-refractivity contribution is 0.0745. The van der Waals surface area contributed by atoms with Gasteiger partial charge in [0, 0.05) is 29.7 Å². The quantitative estimate of drug-likeness (QED) is 0.483. The first-order chi connectivity index (χ1) is 13.1. The number of hydrogen-bond acceptors (Lipinski definition) is 5. The molecule has 1 fully saturated rings. The minimum atomic E-state index is 0.0948. The maximum atomic E-state index is 12.8. The van der Waals surface area contributed by atoms with E-state index in [4.69, 9.17) is 21.3 Å². The number of halogens is 2. The minimum Gasteiger partial charge on any atom is -0.493 e. The number of aromatic nitrogens is 1. The first-order valence-corrected chi connectivity index (χ1v) is 10.8. The Hall–Kier alpha value is -1.58. The molecule has 0 saturated carbocycles. The lowest BCUT2D eigenvalue weighted by Gasteiger charge is -2.34. The average Bonchev–Trinajstić information content (AvgIpc) is 3.12. The molecule has 3 aromatic rings. The van der Waals surface area contributed by atoms with Crippen molar-refractivity contribution in [1.82, 2.24) is 9.88 Å². The number of methoxy groups -OCH3 is 1. The Morgan fingerprint density at radius 3 is 2.63 bits per heavy atom. The summed E-state index contributed by atoms with van der Waals surface area (Å²) >= 11 is 10.0. The molecular formula is C19H17ClIN3O2S. The SMILES string of the molecule is COc1c(Cl)ccc2sc(N3CCN(C(=O)c4ccccc4I)CC3)nc12. The van der Waals surface area contributed by atoms with E-state index in [2.05, 4.69) is 27.5 Å². The Balaban J connectivity index is 1.50. The van der Waals surface area contributed by atoms with Crippen LogP contribution < -0.4 is 9.64 Å². The second-order valence-electron chi connectivity index (χ2n) is 6.18. The molecule has 0 radical (unpaired) electrons. The van der Waals surface area contributed by atoms with Crippen LogP contribution in [0.3, 0.4) is 0 Å². The fourth-order valence-corrected chi connectivity index (χ4v) is 5.03. The Bertz CT molecular complexity index is 1000. The molecule has 0 unspecified atom stereocenters. The Morgan fingerprint density at radius 1 is 1.19 bits per heavy atom. The van der Waals surface area contributed by atoms with E-state index in [1.54, 1.807) is 18.4 Å². The molecule has 2 heterocycles. The van der Waals surface area contributed by atoms with Crippen LogP contribution >= 0.6 is 45.5 Å². The molecule has 0 N–H and O–H groups in total. The summed E-state index contributed by atoms with van der Waals surface area (Å²) in [6.07, 6.45) is 0. The minimum absolute atomic E-state index is 0.0948. The van der Waals surface area contributed by atoms with Crippen LogP contribution in [0.15, 0.2) is 36.4 Å². The van der Waals surface area contributed by atoms with Gasteiger partial charge in [-0.3, -0.25) is 4.79 Å². The molecule has 8 heteroatoms. The highest BCUT2D eigenvalue weighted by atomic mass is 127. The van der Waals surface area contributed by atoms with Gasteiger partial charge in [0.1, 0.15) is 5.52 Å². The van der Waals surface area contributed by atoms with Crippen LogP contribution in [-0.4, -0.2) is 49.1 Å². The summed E-state index contributed by atoms with van der Waals surface area (Å²) in [4.78, 5) is 21.7. The number of nitrogens with zero attached hydrogens (tertiary/aromatic N) is 3. The molecule has 1 amide bonds. The lowest BCUT2D eigenvalue weighted by atomic mass is 10.2. The van der Waals surface area contributed by atoms with E-state index in [1.165, 1.54) is 0 Å². The molecule has 0 aliphatic carbocycles. The number of thiazole rings is 1. The zero-order chi connectivity index (χ0) is 19.0. The first kappa shape index (κ1) is 18.8. The predicted octanol–water partition coefficient (Wildman–Crippen LogP) is 4.53. The summed E-state index contributed by atoms with van der Waals surface area (Å²) in [5, 5.41) is 1.50. The van der Waals surface area contributed by atoms with Gasteiger partial charge in [0.15, 0.2) is 10.9 Å². The van der Waals surface area contributed by atoms with Gasteiger partial charge < -0.3 is 14.5 Å². The molecule has 1 aromatic heterocycles. The number of benzene rings is 2. The fraction of sp³-hybridized carbons (Fsp3) is 0.263. The van der Waals surface area contributed by atoms with Crippen molar-refractivity contribution in [1.29, 1.82) is 0 Å². The van der Waals surface area contributed by atoms with Crippen molar-refractivity contribution in [2.24, 2.45) is 0 Å². The van der Waals surface area contributed by atoms with Gasteiger partial charge in [0.05, 0.1) is 22.4 Å². The molecule has 5 nitrogen and oxygen atoms in total. The summed E-state index contributed by atoms with van der Waals surface area (Å²) < 4.78 is 7.44. The van der Waals surface area contributed by atoms with Crippen LogP contribution in [0.25, 0.3) is 10.2 Å². The number of rotatable bonds is 3. The van der Waals surface area contributed by atoms with Gasteiger partial charge in [-0.1, -0.05) is 35.1 Å². The van der Waals surface area contributed by atoms with Gasteiger partial charge in [0.25, 0.3) is 5.91 Å². The number of anilines is 1. The third-order valence-corrected chi connectivity index (χ3v) is 6.92. The van der Waals surface area contributed by atoms with Crippen LogP contribution in [0.2, 0.25) is 5.02 Å². The largest absolute Gasteiger partial charge is 0.493 e. The molecule has 27 heavy (non-hydrogen) atoms. The summed E-state index contributed by atoms with van der Waals surface area (Å²) in [5.74, 6) is 0.710. The Morgan fingerprint density at radius 2 is 1.93 bits per heavy atom. The molecule has 0 atom stereocenters. The van der Waals surface area contributed by atoms with Gasteiger partial charge in [0.2, 0.25) is 0 Å². The van der Waals surface area contributed by atoms with E-state index in [1.807, 2.05) is 41.3 Å². The average molecular weight is 514 g/mol. The highest BCUT2D eigenvalue weighted by Crippen LogP contribution is 2.38. The summed E-state index contributed by atoms with van der Waals surface area (Å²) in [5.41, 5.74) is 1.56. The van der Waals surface area contributed by atoms with Crippen LogP contribution in [0.4, 0.5) is 5.13 Å².